The quantitative estimate of drug-likeness (QED) is 0.792. The molecule has 0 aliphatic carbocycles. The Labute approximate surface area is 123 Å². The topological polar surface area (TPSA) is 69.6 Å². The van der Waals surface area contributed by atoms with Gasteiger partial charge in [-0.05, 0) is 31.0 Å². The molecule has 0 aliphatic rings. The average Bonchev–Trinajstić information content (AvgIpc) is 2.40. The lowest BCUT2D eigenvalue weighted by Crippen LogP contribution is -2.43. The molecule has 1 rings (SSSR count). The van der Waals surface area contributed by atoms with Crippen molar-refractivity contribution >= 4 is 12.0 Å². The smallest absolute Gasteiger partial charge is 0.323 e. The van der Waals surface area contributed by atoms with E-state index in [0.29, 0.717) is 11.1 Å². The summed E-state index contributed by atoms with van der Waals surface area (Å²) in [6.07, 6.45) is 1.44. The number of hydrogen-bond donors (Lipinski definition) is 2. The van der Waals surface area contributed by atoms with Gasteiger partial charge >= 0.3 is 12.0 Å². The van der Waals surface area contributed by atoms with Gasteiger partial charge in [0.05, 0.1) is 6.04 Å². The van der Waals surface area contributed by atoms with Crippen LogP contribution in [0.25, 0.3) is 0 Å². The number of aliphatic carboxylic acids is 1. The van der Waals surface area contributed by atoms with Crippen molar-refractivity contribution in [2.45, 2.75) is 19.9 Å². The van der Waals surface area contributed by atoms with E-state index in [4.69, 9.17) is 5.11 Å². The summed E-state index contributed by atoms with van der Waals surface area (Å²) in [6, 6.07) is 3.74. The maximum atomic E-state index is 13.5. The Bertz CT molecular complexity index is 546. The van der Waals surface area contributed by atoms with Crippen molar-refractivity contribution in [3.8, 4) is 0 Å². The van der Waals surface area contributed by atoms with E-state index in [1.54, 1.807) is 26.0 Å². The predicted molar refractivity (Wildman–Crippen MR) is 77.5 cm³/mol. The van der Waals surface area contributed by atoms with E-state index in [-0.39, 0.29) is 12.4 Å². The van der Waals surface area contributed by atoms with Crippen LogP contribution in [-0.4, -0.2) is 35.1 Å². The zero-order chi connectivity index (χ0) is 16.0. The Morgan fingerprint density at radius 2 is 2.19 bits per heavy atom. The molecule has 2 N–H and O–H groups in total. The fraction of sp³-hybridized carbons (Fsp3) is 0.333. The number of benzene rings is 1. The predicted octanol–water partition coefficient (Wildman–Crippen LogP) is 2.48. The number of aryl methyl sites for hydroxylation is 1. The number of amides is 2. The highest BCUT2D eigenvalue weighted by Gasteiger charge is 2.18. The number of carboxylic acids is 1. The van der Waals surface area contributed by atoms with E-state index in [1.165, 1.54) is 12.1 Å². The van der Waals surface area contributed by atoms with Crippen LogP contribution in [-0.2, 0) is 4.79 Å². The van der Waals surface area contributed by atoms with Crippen LogP contribution in [0, 0.1) is 12.7 Å². The van der Waals surface area contributed by atoms with E-state index >= 15 is 0 Å². The molecule has 0 bridgehead atoms. The van der Waals surface area contributed by atoms with Crippen molar-refractivity contribution in [2.24, 2.45) is 0 Å². The molecular formula is C15H19FN2O3. The first kappa shape index (κ1) is 16.7. The first-order valence-corrected chi connectivity index (χ1v) is 6.49. The van der Waals surface area contributed by atoms with Gasteiger partial charge in [-0.15, -0.1) is 6.58 Å². The maximum Gasteiger partial charge on any atom is 0.323 e. The van der Waals surface area contributed by atoms with Gasteiger partial charge in [-0.25, -0.2) is 9.18 Å². The lowest BCUT2D eigenvalue weighted by Gasteiger charge is -2.23. The number of rotatable bonds is 6. The summed E-state index contributed by atoms with van der Waals surface area (Å²) in [6.45, 7) is 6.54. The second kappa shape index (κ2) is 7.42. The summed E-state index contributed by atoms with van der Waals surface area (Å²) in [4.78, 5) is 23.8. The molecule has 0 aliphatic heterocycles. The summed E-state index contributed by atoms with van der Waals surface area (Å²) < 4.78 is 13.5. The fourth-order valence-corrected chi connectivity index (χ4v) is 1.78. The lowest BCUT2D eigenvalue weighted by atomic mass is 10.1. The van der Waals surface area contributed by atoms with Crippen LogP contribution in [0.2, 0.25) is 0 Å². The van der Waals surface area contributed by atoms with Gasteiger partial charge in [0.25, 0.3) is 0 Å². The molecule has 1 aromatic carbocycles. The third-order valence-corrected chi connectivity index (χ3v) is 3.00. The number of nitrogens with one attached hydrogen (secondary N) is 1. The molecule has 0 spiro atoms. The Kier molecular flexibility index (Phi) is 5.90. The molecule has 0 aromatic heterocycles. The number of halogens is 1. The zero-order valence-corrected chi connectivity index (χ0v) is 12.1. The van der Waals surface area contributed by atoms with E-state index in [1.807, 2.05) is 0 Å². The van der Waals surface area contributed by atoms with Gasteiger partial charge in [-0.2, -0.15) is 0 Å². The van der Waals surface area contributed by atoms with Gasteiger partial charge in [0.15, 0.2) is 0 Å². The highest BCUT2D eigenvalue weighted by Crippen LogP contribution is 2.16. The monoisotopic (exact) mass is 294 g/mol. The van der Waals surface area contributed by atoms with Crippen LogP contribution in [0.4, 0.5) is 9.18 Å². The molecule has 0 fully saturated rings. The molecule has 0 heterocycles. The van der Waals surface area contributed by atoms with Crippen molar-refractivity contribution in [1.29, 1.82) is 0 Å². The van der Waals surface area contributed by atoms with Gasteiger partial charge in [0, 0.05) is 6.54 Å². The Hall–Kier alpha value is -2.37. The summed E-state index contributed by atoms with van der Waals surface area (Å²) >= 11 is 0. The van der Waals surface area contributed by atoms with Gasteiger partial charge in [-0.3, -0.25) is 4.79 Å². The molecule has 0 saturated carbocycles. The minimum Gasteiger partial charge on any atom is -0.480 e. The number of urea groups is 1. The summed E-state index contributed by atoms with van der Waals surface area (Å²) in [5.41, 5.74) is 1.14. The Balaban J connectivity index is 2.76. The molecule has 1 unspecified atom stereocenters. The normalized spacial score (nSPS) is 11.6. The van der Waals surface area contributed by atoms with E-state index in [9.17, 15) is 14.0 Å². The van der Waals surface area contributed by atoms with Gasteiger partial charge in [-0.1, -0.05) is 18.2 Å². The van der Waals surface area contributed by atoms with Crippen molar-refractivity contribution in [3.05, 3.63) is 47.8 Å². The maximum absolute atomic E-state index is 13.5. The average molecular weight is 294 g/mol. The highest BCUT2D eigenvalue weighted by molar-refractivity contribution is 5.80. The first-order valence-electron chi connectivity index (χ1n) is 6.49. The van der Waals surface area contributed by atoms with Crippen LogP contribution in [0.1, 0.15) is 24.1 Å². The summed E-state index contributed by atoms with van der Waals surface area (Å²) in [5, 5.41) is 11.4. The molecule has 6 heteroatoms. The van der Waals surface area contributed by atoms with Crippen molar-refractivity contribution in [1.82, 2.24) is 10.2 Å². The van der Waals surface area contributed by atoms with Gasteiger partial charge in [0.2, 0.25) is 0 Å². The molecule has 5 nitrogen and oxygen atoms in total. The largest absolute Gasteiger partial charge is 0.480 e. The van der Waals surface area contributed by atoms with E-state index in [2.05, 4.69) is 11.9 Å². The number of carbonyl (C=O) groups excluding carboxylic acids is 1. The van der Waals surface area contributed by atoms with Crippen LogP contribution in [0.5, 0.6) is 0 Å². The third-order valence-electron chi connectivity index (χ3n) is 3.00. The van der Waals surface area contributed by atoms with Crippen LogP contribution < -0.4 is 5.32 Å². The van der Waals surface area contributed by atoms with Crippen LogP contribution in [0.15, 0.2) is 30.9 Å². The number of carboxylic acid groups (broad SMARTS) is 1. The van der Waals surface area contributed by atoms with Crippen molar-refractivity contribution in [2.75, 3.05) is 13.1 Å². The van der Waals surface area contributed by atoms with Gasteiger partial charge < -0.3 is 15.3 Å². The number of carbonyl (C=O) groups is 2. The summed E-state index contributed by atoms with van der Waals surface area (Å²) in [7, 11) is 0. The molecule has 114 valence electrons. The molecule has 2 amide bonds. The number of hydrogen-bond acceptors (Lipinski definition) is 2. The minimum atomic E-state index is -1.11. The lowest BCUT2D eigenvalue weighted by molar-refractivity contribution is -0.137. The van der Waals surface area contributed by atoms with E-state index < -0.39 is 24.6 Å². The zero-order valence-electron chi connectivity index (χ0n) is 12.1. The van der Waals surface area contributed by atoms with Crippen LogP contribution >= 0.6 is 0 Å². The minimum absolute atomic E-state index is 0.118. The van der Waals surface area contributed by atoms with Gasteiger partial charge in [0.1, 0.15) is 12.4 Å². The van der Waals surface area contributed by atoms with Crippen LogP contribution in [0.3, 0.4) is 0 Å². The Morgan fingerprint density at radius 1 is 1.52 bits per heavy atom. The molecule has 1 atom stereocenters. The SMILES string of the molecule is C=CCN(CC(=O)O)C(=O)NC(C)c1ccc(C)c(F)c1. The standard InChI is InChI=1S/C15H19FN2O3/c1-4-7-18(9-14(19)20)15(21)17-11(3)12-6-5-10(2)13(16)8-12/h4-6,8,11H,1,7,9H2,2-3H3,(H,17,21)(H,19,20). The molecular weight excluding hydrogens is 275 g/mol. The molecule has 0 radical (unpaired) electrons. The second-order valence-corrected chi connectivity index (χ2v) is 4.74. The molecule has 21 heavy (non-hydrogen) atoms. The van der Waals surface area contributed by atoms with Crippen molar-refractivity contribution in [3.63, 3.8) is 0 Å². The second-order valence-electron chi connectivity index (χ2n) is 4.74. The third kappa shape index (κ3) is 4.91. The fourth-order valence-electron chi connectivity index (χ4n) is 1.78. The highest BCUT2D eigenvalue weighted by atomic mass is 19.1. The number of nitrogens with zero attached hydrogens (tertiary/aromatic N) is 1. The first-order chi connectivity index (χ1) is 9.85. The van der Waals surface area contributed by atoms with E-state index in [0.717, 1.165) is 4.90 Å². The molecule has 0 saturated heterocycles. The Morgan fingerprint density at radius 3 is 2.71 bits per heavy atom. The summed E-state index contributed by atoms with van der Waals surface area (Å²) in [5.74, 6) is -1.46. The van der Waals surface area contributed by atoms with Crippen molar-refractivity contribution < 1.29 is 19.1 Å². The molecule has 1 aromatic rings.